The second kappa shape index (κ2) is 5.24. The Bertz CT molecular complexity index is 794. The fourth-order valence-corrected chi connectivity index (χ4v) is 2.31. The summed E-state index contributed by atoms with van der Waals surface area (Å²) in [5.74, 6) is -0.0546. The van der Waals surface area contributed by atoms with E-state index >= 15 is 0 Å². The molecule has 0 atom stereocenters. The third-order valence-corrected chi connectivity index (χ3v) is 3.38. The SMILES string of the molecule is NC(=O)c1ccc2c(c1)nc(N)n2CCc1ccccn1. The average molecular weight is 281 g/mol. The monoisotopic (exact) mass is 281 g/mol. The summed E-state index contributed by atoms with van der Waals surface area (Å²) in [5, 5.41) is 0. The topological polar surface area (TPSA) is 99.8 Å². The van der Waals surface area contributed by atoms with Crippen LogP contribution >= 0.6 is 0 Å². The fraction of sp³-hybridized carbons (Fsp3) is 0.133. The molecule has 0 saturated carbocycles. The molecule has 6 nitrogen and oxygen atoms in total. The van der Waals surface area contributed by atoms with Crippen LogP contribution in [0, 0.1) is 0 Å². The first-order valence-electron chi connectivity index (χ1n) is 6.60. The summed E-state index contributed by atoms with van der Waals surface area (Å²) in [4.78, 5) is 19.8. The Labute approximate surface area is 121 Å². The highest BCUT2D eigenvalue weighted by Crippen LogP contribution is 2.19. The first kappa shape index (κ1) is 13.1. The minimum atomic E-state index is -0.474. The van der Waals surface area contributed by atoms with E-state index in [1.807, 2.05) is 28.8 Å². The van der Waals surface area contributed by atoms with E-state index in [1.165, 1.54) is 0 Å². The number of amides is 1. The number of primary amides is 1. The Kier molecular flexibility index (Phi) is 3.27. The number of pyridine rings is 1. The van der Waals surface area contributed by atoms with Gasteiger partial charge in [0.2, 0.25) is 11.9 Å². The smallest absolute Gasteiger partial charge is 0.248 e. The number of nitrogens with zero attached hydrogens (tertiary/aromatic N) is 3. The van der Waals surface area contributed by atoms with Crippen molar-refractivity contribution in [3.63, 3.8) is 0 Å². The summed E-state index contributed by atoms with van der Waals surface area (Å²) in [5.41, 5.74) is 14.2. The Hall–Kier alpha value is -2.89. The van der Waals surface area contributed by atoms with Gasteiger partial charge in [-0.3, -0.25) is 9.78 Å². The molecule has 0 saturated heterocycles. The zero-order valence-corrected chi connectivity index (χ0v) is 11.4. The van der Waals surface area contributed by atoms with Gasteiger partial charge in [0.15, 0.2) is 0 Å². The number of imidazole rings is 1. The minimum absolute atomic E-state index is 0.419. The molecule has 1 aromatic carbocycles. The van der Waals surface area contributed by atoms with Crippen molar-refractivity contribution in [1.29, 1.82) is 0 Å². The van der Waals surface area contributed by atoms with Gasteiger partial charge in [0.05, 0.1) is 11.0 Å². The highest BCUT2D eigenvalue weighted by Gasteiger charge is 2.10. The summed E-state index contributed by atoms with van der Waals surface area (Å²) in [6.07, 6.45) is 2.53. The summed E-state index contributed by atoms with van der Waals surface area (Å²) >= 11 is 0. The molecule has 0 aliphatic heterocycles. The number of rotatable bonds is 4. The van der Waals surface area contributed by atoms with E-state index in [0.717, 1.165) is 17.6 Å². The first-order chi connectivity index (χ1) is 10.1. The van der Waals surface area contributed by atoms with Gasteiger partial charge in [0.25, 0.3) is 0 Å². The molecular weight excluding hydrogens is 266 g/mol. The number of hydrogen-bond donors (Lipinski definition) is 2. The maximum Gasteiger partial charge on any atom is 0.248 e. The van der Waals surface area contributed by atoms with E-state index < -0.39 is 5.91 Å². The van der Waals surface area contributed by atoms with Gasteiger partial charge >= 0.3 is 0 Å². The van der Waals surface area contributed by atoms with Crippen LogP contribution in [-0.4, -0.2) is 20.4 Å². The molecule has 0 bridgehead atoms. The predicted molar refractivity (Wildman–Crippen MR) is 80.6 cm³/mol. The maximum absolute atomic E-state index is 11.2. The van der Waals surface area contributed by atoms with E-state index in [0.29, 0.717) is 23.6 Å². The number of anilines is 1. The third kappa shape index (κ3) is 2.55. The molecule has 0 aliphatic rings. The zero-order valence-electron chi connectivity index (χ0n) is 11.4. The molecule has 2 aromatic heterocycles. The van der Waals surface area contributed by atoms with Crippen LogP contribution in [0.4, 0.5) is 5.95 Å². The van der Waals surface area contributed by atoms with E-state index in [-0.39, 0.29) is 0 Å². The molecule has 2 heterocycles. The first-order valence-corrected chi connectivity index (χ1v) is 6.60. The second-order valence-corrected chi connectivity index (χ2v) is 4.76. The number of fused-ring (bicyclic) bond motifs is 1. The Balaban J connectivity index is 1.91. The van der Waals surface area contributed by atoms with Gasteiger partial charge in [-0.1, -0.05) is 6.07 Å². The largest absolute Gasteiger partial charge is 0.369 e. The molecule has 0 aliphatic carbocycles. The van der Waals surface area contributed by atoms with Crippen LogP contribution in [0.3, 0.4) is 0 Å². The molecule has 6 heteroatoms. The summed E-state index contributed by atoms with van der Waals surface area (Å²) in [6.45, 7) is 0.676. The highest BCUT2D eigenvalue weighted by atomic mass is 16.1. The summed E-state index contributed by atoms with van der Waals surface area (Å²) in [7, 11) is 0. The van der Waals surface area contributed by atoms with Crippen LogP contribution in [0.25, 0.3) is 11.0 Å². The van der Waals surface area contributed by atoms with Gasteiger partial charge in [-0.2, -0.15) is 0 Å². The molecule has 0 unspecified atom stereocenters. The number of aryl methyl sites for hydroxylation is 2. The van der Waals surface area contributed by atoms with Gasteiger partial charge in [-0.15, -0.1) is 0 Å². The lowest BCUT2D eigenvalue weighted by Crippen LogP contribution is -2.10. The average Bonchev–Trinajstić information content (AvgIpc) is 2.80. The quantitative estimate of drug-likeness (QED) is 0.754. The van der Waals surface area contributed by atoms with Crippen molar-refractivity contribution in [2.45, 2.75) is 13.0 Å². The van der Waals surface area contributed by atoms with Gasteiger partial charge in [-0.05, 0) is 30.3 Å². The van der Waals surface area contributed by atoms with E-state index in [1.54, 1.807) is 18.3 Å². The van der Waals surface area contributed by atoms with Gasteiger partial charge in [0.1, 0.15) is 0 Å². The number of carbonyl (C=O) groups excluding carboxylic acids is 1. The number of hydrogen-bond acceptors (Lipinski definition) is 4. The zero-order chi connectivity index (χ0) is 14.8. The summed E-state index contributed by atoms with van der Waals surface area (Å²) < 4.78 is 1.91. The van der Waals surface area contributed by atoms with Crippen LogP contribution in [-0.2, 0) is 13.0 Å². The lowest BCUT2D eigenvalue weighted by Gasteiger charge is -2.06. The minimum Gasteiger partial charge on any atom is -0.369 e. The third-order valence-electron chi connectivity index (χ3n) is 3.38. The Morgan fingerprint density at radius 2 is 2.10 bits per heavy atom. The van der Waals surface area contributed by atoms with E-state index in [9.17, 15) is 4.79 Å². The number of aromatic nitrogens is 3. The van der Waals surface area contributed by atoms with Crippen LogP contribution in [0.15, 0.2) is 42.6 Å². The fourth-order valence-electron chi connectivity index (χ4n) is 2.31. The molecule has 3 rings (SSSR count). The van der Waals surface area contributed by atoms with Crippen LogP contribution < -0.4 is 11.5 Å². The maximum atomic E-state index is 11.2. The molecular formula is C15H15N5O. The Morgan fingerprint density at radius 1 is 1.24 bits per heavy atom. The van der Waals surface area contributed by atoms with E-state index in [4.69, 9.17) is 11.5 Å². The summed E-state index contributed by atoms with van der Waals surface area (Å²) in [6, 6.07) is 11.0. The molecule has 4 N–H and O–H groups in total. The van der Waals surface area contributed by atoms with Crippen LogP contribution in [0.2, 0.25) is 0 Å². The van der Waals surface area contributed by atoms with Gasteiger partial charge < -0.3 is 16.0 Å². The second-order valence-electron chi connectivity index (χ2n) is 4.76. The Morgan fingerprint density at radius 3 is 2.81 bits per heavy atom. The highest BCUT2D eigenvalue weighted by molar-refractivity contribution is 5.96. The molecule has 3 aromatic rings. The van der Waals surface area contributed by atoms with Crippen molar-refractivity contribution in [1.82, 2.24) is 14.5 Å². The van der Waals surface area contributed by atoms with Crippen molar-refractivity contribution in [3.05, 3.63) is 53.9 Å². The lowest BCUT2D eigenvalue weighted by molar-refractivity contribution is 0.100. The van der Waals surface area contributed by atoms with Crippen LogP contribution in [0.1, 0.15) is 16.1 Å². The number of carbonyl (C=O) groups is 1. The van der Waals surface area contributed by atoms with Crippen molar-refractivity contribution in [3.8, 4) is 0 Å². The van der Waals surface area contributed by atoms with Gasteiger partial charge in [-0.25, -0.2) is 4.98 Å². The number of nitrogens with two attached hydrogens (primary N) is 2. The van der Waals surface area contributed by atoms with Crippen molar-refractivity contribution in [2.24, 2.45) is 5.73 Å². The lowest BCUT2D eigenvalue weighted by atomic mass is 10.2. The van der Waals surface area contributed by atoms with Gasteiger partial charge in [0, 0.05) is 30.4 Å². The predicted octanol–water partition coefficient (Wildman–Crippen LogP) is 1.36. The number of nitrogen functional groups attached to an aromatic ring is 1. The molecule has 0 radical (unpaired) electrons. The molecule has 1 amide bonds. The molecule has 21 heavy (non-hydrogen) atoms. The molecule has 106 valence electrons. The standard InChI is InChI=1S/C15H15N5O/c16-14(21)10-4-5-13-12(9-10)19-15(17)20(13)8-6-11-3-1-2-7-18-11/h1-5,7,9H,6,8H2,(H2,16,21)(H2,17,19). The molecule has 0 fully saturated rings. The van der Waals surface area contributed by atoms with Crippen molar-refractivity contribution in [2.75, 3.05) is 5.73 Å². The van der Waals surface area contributed by atoms with Crippen LogP contribution in [0.5, 0.6) is 0 Å². The number of benzene rings is 1. The van der Waals surface area contributed by atoms with Crippen molar-refractivity contribution >= 4 is 22.9 Å². The normalized spacial score (nSPS) is 10.9. The van der Waals surface area contributed by atoms with Crippen molar-refractivity contribution < 1.29 is 4.79 Å². The van der Waals surface area contributed by atoms with E-state index in [2.05, 4.69) is 9.97 Å². The molecule has 0 spiro atoms.